The fraction of sp³-hybridized carbons (Fsp3) is 0.375. The summed E-state index contributed by atoms with van der Waals surface area (Å²) in [5.41, 5.74) is 0. The molecular formula is C16H22N2O8S3. The summed E-state index contributed by atoms with van der Waals surface area (Å²) in [7, 11) is -12.1. The van der Waals surface area contributed by atoms with Crippen molar-refractivity contribution in [3.8, 4) is 0 Å². The maximum Gasteiger partial charge on any atom is 0.240 e. The first-order chi connectivity index (χ1) is 13.5. The van der Waals surface area contributed by atoms with Crippen molar-refractivity contribution >= 4 is 29.9 Å². The van der Waals surface area contributed by atoms with Gasteiger partial charge < -0.3 is 10.2 Å². The molecule has 1 aromatic carbocycles. The summed E-state index contributed by atoms with van der Waals surface area (Å²) in [6.45, 7) is -1.24. The van der Waals surface area contributed by atoms with Crippen LogP contribution in [0.2, 0.25) is 0 Å². The zero-order valence-corrected chi connectivity index (χ0v) is 17.7. The zero-order valence-electron chi connectivity index (χ0n) is 15.2. The van der Waals surface area contributed by atoms with Crippen LogP contribution in [0.5, 0.6) is 0 Å². The second kappa shape index (κ2) is 9.47. The van der Waals surface area contributed by atoms with Gasteiger partial charge in [-0.15, -0.1) is 0 Å². The Morgan fingerprint density at radius 2 is 1.55 bits per heavy atom. The first-order valence-electron chi connectivity index (χ1n) is 8.47. The van der Waals surface area contributed by atoms with Gasteiger partial charge in [-0.05, 0) is 24.3 Å². The van der Waals surface area contributed by atoms with E-state index in [-0.39, 0.29) is 34.2 Å². The topological polar surface area (TPSA) is 167 Å². The summed E-state index contributed by atoms with van der Waals surface area (Å²) in [6, 6.07) is 4.66. The van der Waals surface area contributed by atoms with Crippen LogP contribution in [-0.4, -0.2) is 67.0 Å². The summed E-state index contributed by atoms with van der Waals surface area (Å²) in [6.07, 6.45) is 3.57. The van der Waals surface area contributed by atoms with E-state index in [4.69, 9.17) is 10.2 Å². The Morgan fingerprint density at radius 1 is 0.931 bits per heavy atom. The number of sulfone groups is 1. The van der Waals surface area contributed by atoms with Crippen LogP contribution in [0, 0.1) is 0 Å². The number of aliphatic hydroxyl groups excluding tert-OH is 2. The van der Waals surface area contributed by atoms with Gasteiger partial charge in [0.2, 0.25) is 29.9 Å². The fourth-order valence-electron chi connectivity index (χ4n) is 2.55. The highest BCUT2D eigenvalue weighted by Gasteiger charge is 2.31. The minimum atomic E-state index is -4.15. The highest BCUT2D eigenvalue weighted by molar-refractivity contribution is 7.95. The Balaban J connectivity index is 2.33. The van der Waals surface area contributed by atoms with Gasteiger partial charge in [0.25, 0.3) is 0 Å². The molecule has 29 heavy (non-hydrogen) atoms. The first-order valence-corrected chi connectivity index (χ1v) is 13.0. The van der Waals surface area contributed by atoms with Gasteiger partial charge in [0, 0.05) is 19.5 Å². The first kappa shape index (κ1) is 23.7. The van der Waals surface area contributed by atoms with E-state index in [0.29, 0.717) is 0 Å². The van der Waals surface area contributed by atoms with Gasteiger partial charge in [-0.1, -0.05) is 18.2 Å². The number of rotatable bonds is 10. The molecule has 1 aromatic rings. The molecule has 0 amide bonds. The maximum absolute atomic E-state index is 13.0. The lowest BCUT2D eigenvalue weighted by Gasteiger charge is -2.19. The molecular weight excluding hydrogens is 444 g/mol. The van der Waals surface area contributed by atoms with Gasteiger partial charge in [-0.25, -0.2) is 34.7 Å². The Morgan fingerprint density at radius 3 is 2.21 bits per heavy atom. The molecule has 162 valence electrons. The van der Waals surface area contributed by atoms with Gasteiger partial charge in [-0.2, -0.15) is 0 Å². The molecule has 4 N–H and O–H groups in total. The Labute approximate surface area is 170 Å². The van der Waals surface area contributed by atoms with E-state index in [1.807, 2.05) is 0 Å². The van der Waals surface area contributed by atoms with Crippen LogP contribution < -0.4 is 9.44 Å². The van der Waals surface area contributed by atoms with Crippen LogP contribution in [0.25, 0.3) is 0 Å². The monoisotopic (exact) mass is 466 g/mol. The van der Waals surface area contributed by atoms with Crippen LogP contribution in [0.4, 0.5) is 0 Å². The SMILES string of the molecule is O=S(=O)(NCCO)c1cccc(S(=O)(=O)C2=CC=CC(S(=O)(=O)NCCO)C2)c1. The number of allylic oxidation sites excluding steroid dienone is 3. The Kier molecular flexibility index (Phi) is 7.73. The minimum absolute atomic E-state index is 0.183. The second-order valence-electron chi connectivity index (χ2n) is 6.02. The molecule has 0 saturated carbocycles. The predicted octanol–water partition coefficient (Wildman–Crippen LogP) is -1.14. The van der Waals surface area contributed by atoms with E-state index in [1.165, 1.54) is 36.4 Å². The van der Waals surface area contributed by atoms with Crippen molar-refractivity contribution < 1.29 is 35.5 Å². The lowest BCUT2D eigenvalue weighted by atomic mass is 10.2. The molecule has 2 rings (SSSR count). The van der Waals surface area contributed by atoms with Crippen molar-refractivity contribution in [1.82, 2.24) is 9.44 Å². The quantitative estimate of drug-likeness (QED) is 0.335. The van der Waals surface area contributed by atoms with Gasteiger partial charge in [-0.3, -0.25) is 0 Å². The number of sulfonamides is 2. The molecule has 1 aliphatic rings. The molecule has 0 aromatic heterocycles. The highest BCUT2D eigenvalue weighted by atomic mass is 32.2. The molecule has 0 fully saturated rings. The predicted molar refractivity (Wildman–Crippen MR) is 106 cm³/mol. The number of hydrogen-bond acceptors (Lipinski definition) is 8. The van der Waals surface area contributed by atoms with Gasteiger partial charge in [0.05, 0.1) is 33.2 Å². The van der Waals surface area contributed by atoms with Crippen LogP contribution in [0.3, 0.4) is 0 Å². The normalized spacial score (nSPS) is 17.9. The summed E-state index contributed by atoms with van der Waals surface area (Å²) in [5, 5.41) is 16.4. The van der Waals surface area contributed by atoms with E-state index in [1.54, 1.807) is 0 Å². The molecule has 0 heterocycles. The van der Waals surface area contributed by atoms with Crippen molar-refractivity contribution in [2.24, 2.45) is 0 Å². The lowest BCUT2D eigenvalue weighted by molar-refractivity contribution is 0.300. The van der Waals surface area contributed by atoms with Crippen LogP contribution in [-0.2, 0) is 29.9 Å². The second-order valence-corrected chi connectivity index (χ2v) is 11.8. The van der Waals surface area contributed by atoms with Crippen LogP contribution in [0.1, 0.15) is 6.42 Å². The maximum atomic E-state index is 13.0. The largest absolute Gasteiger partial charge is 0.395 e. The third-order valence-electron chi connectivity index (χ3n) is 4.00. The summed E-state index contributed by atoms with van der Waals surface area (Å²) < 4.78 is 79.0. The molecule has 1 unspecified atom stereocenters. The molecule has 10 nitrogen and oxygen atoms in total. The van der Waals surface area contributed by atoms with Gasteiger partial charge in [0.1, 0.15) is 0 Å². The fourth-order valence-corrected chi connectivity index (χ4v) is 6.58. The number of hydrogen-bond donors (Lipinski definition) is 4. The standard InChI is InChI=1S/C16H22N2O8S3/c19-9-7-17-28(23,24)15-5-1-3-13(11-15)27(21,22)14-4-2-6-16(12-14)29(25,26)18-8-10-20/h1-6,11,16-20H,7-10,12H2. The average Bonchev–Trinajstić information content (AvgIpc) is 2.71. The number of nitrogens with one attached hydrogen (secondary N) is 2. The highest BCUT2D eigenvalue weighted by Crippen LogP contribution is 2.29. The number of aliphatic hydroxyl groups is 2. The van der Waals surface area contributed by atoms with E-state index in [2.05, 4.69) is 9.44 Å². The Bertz CT molecular complexity index is 1110. The lowest BCUT2D eigenvalue weighted by Crippen LogP contribution is -2.36. The molecule has 1 aliphatic carbocycles. The van der Waals surface area contributed by atoms with Crippen molar-refractivity contribution in [2.45, 2.75) is 21.5 Å². The van der Waals surface area contributed by atoms with E-state index < -0.39 is 48.3 Å². The van der Waals surface area contributed by atoms with E-state index in [0.717, 1.165) is 6.07 Å². The smallest absolute Gasteiger partial charge is 0.240 e. The molecule has 13 heteroatoms. The van der Waals surface area contributed by atoms with Crippen molar-refractivity contribution in [3.63, 3.8) is 0 Å². The van der Waals surface area contributed by atoms with Gasteiger partial charge in [0.15, 0.2) is 0 Å². The van der Waals surface area contributed by atoms with E-state index in [9.17, 15) is 25.3 Å². The Hall–Kier alpha value is -1.61. The molecule has 0 radical (unpaired) electrons. The average molecular weight is 467 g/mol. The van der Waals surface area contributed by atoms with Crippen molar-refractivity contribution in [2.75, 3.05) is 26.3 Å². The third kappa shape index (κ3) is 5.72. The van der Waals surface area contributed by atoms with Gasteiger partial charge >= 0.3 is 0 Å². The number of benzene rings is 1. The zero-order chi connectivity index (χ0) is 21.7. The van der Waals surface area contributed by atoms with E-state index >= 15 is 0 Å². The summed E-state index contributed by atoms with van der Waals surface area (Å²) in [4.78, 5) is -0.782. The van der Waals surface area contributed by atoms with Crippen molar-refractivity contribution in [3.05, 3.63) is 47.4 Å². The molecule has 0 spiro atoms. The molecule has 1 atom stereocenters. The summed E-state index contributed by atoms with van der Waals surface area (Å²) in [5.74, 6) is 0. The van der Waals surface area contributed by atoms with Crippen molar-refractivity contribution in [1.29, 1.82) is 0 Å². The van der Waals surface area contributed by atoms with Crippen LogP contribution in [0.15, 0.2) is 57.2 Å². The van der Waals surface area contributed by atoms with Crippen LogP contribution >= 0.6 is 0 Å². The summed E-state index contributed by atoms with van der Waals surface area (Å²) >= 11 is 0. The molecule has 0 saturated heterocycles. The molecule has 0 aliphatic heterocycles. The minimum Gasteiger partial charge on any atom is -0.395 e. The third-order valence-corrected chi connectivity index (χ3v) is 9.05. The molecule has 0 bridgehead atoms.